The lowest BCUT2D eigenvalue weighted by Crippen LogP contribution is -2.21. The van der Waals surface area contributed by atoms with Gasteiger partial charge in [0, 0.05) is 12.1 Å². The third-order valence-corrected chi connectivity index (χ3v) is 6.02. The first-order valence-electron chi connectivity index (χ1n) is 9.08. The van der Waals surface area contributed by atoms with Gasteiger partial charge in [0.05, 0.1) is 36.2 Å². The van der Waals surface area contributed by atoms with E-state index in [1.165, 1.54) is 13.3 Å². The zero-order valence-electron chi connectivity index (χ0n) is 16.0. The van der Waals surface area contributed by atoms with Crippen LogP contribution in [0.25, 0.3) is 0 Å². The summed E-state index contributed by atoms with van der Waals surface area (Å²) >= 11 is 0. The Labute approximate surface area is 167 Å². The maximum Gasteiger partial charge on any atom is 0.232 e. The van der Waals surface area contributed by atoms with Gasteiger partial charge in [-0.15, -0.1) is 0 Å². The number of hydrogen-bond donors (Lipinski definition) is 2. The molecule has 2 heterocycles. The van der Waals surface area contributed by atoms with Crippen molar-refractivity contribution in [1.29, 1.82) is 0 Å². The highest BCUT2D eigenvalue weighted by Gasteiger charge is 2.34. The summed E-state index contributed by atoms with van der Waals surface area (Å²) in [6, 6.07) is 3.43. The van der Waals surface area contributed by atoms with E-state index in [-0.39, 0.29) is 12.3 Å². The van der Waals surface area contributed by atoms with E-state index in [4.69, 9.17) is 4.74 Å². The Balaban J connectivity index is 1.95. The number of rotatable bonds is 8. The van der Waals surface area contributed by atoms with Crippen molar-refractivity contribution >= 4 is 27.3 Å². The molecule has 0 radical (unpaired) electrons. The summed E-state index contributed by atoms with van der Waals surface area (Å²) in [6.45, 7) is 1.93. The molecule has 0 fully saturated rings. The van der Waals surface area contributed by atoms with Gasteiger partial charge in [0.25, 0.3) is 0 Å². The van der Waals surface area contributed by atoms with Crippen LogP contribution < -0.4 is 14.8 Å². The lowest BCUT2D eigenvalue weighted by Gasteiger charge is -2.14. The number of fused-ring (bicyclic) bond motifs is 1. The quantitative estimate of drug-likeness (QED) is 0.630. The highest BCUT2D eigenvalue weighted by molar-refractivity contribution is 7.92. The molecule has 1 aromatic carbocycles. The molecule has 29 heavy (non-hydrogen) atoms. The molecule has 2 aromatic rings. The fourth-order valence-corrected chi connectivity index (χ4v) is 4.38. The molecular weight excluding hydrogens is 404 g/mol. The summed E-state index contributed by atoms with van der Waals surface area (Å²) in [5.41, 5.74) is -0.786. The molecule has 7 nitrogen and oxygen atoms in total. The van der Waals surface area contributed by atoms with E-state index in [9.17, 15) is 22.0 Å². The van der Waals surface area contributed by atoms with Crippen LogP contribution >= 0.6 is 0 Å². The number of anilines is 2. The normalized spacial score (nSPS) is 15.5. The Bertz CT molecular complexity index is 1040. The molecule has 0 spiro atoms. The van der Waals surface area contributed by atoms with Crippen molar-refractivity contribution in [1.82, 2.24) is 4.98 Å². The van der Waals surface area contributed by atoms with Crippen LogP contribution in [0.3, 0.4) is 0 Å². The number of carbonyl (C=O) groups excluding carboxylic acids is 1. The fraction of sp³-hybridized carbons (Fsp3) is 0.368. The Morgan fingerprint density at radius 3 is 2.83 bits per heavy atom. The third kappa shape index (κ3) is 4.31. The van der Waals surface area contributed by atoms with Crippen LogP contribution in [-0.2, 0) is 10.0 Å². The zero-order chi connectivity index (χ0) is 21.2. The van der Waals surface area contributed by atoms with Gasteiger partial charge in [-0.1, -0.05) is 13.3 Å². The van der Waals surface area contributed by atoms with E-state index in [2.05, 4.69) is 15.0 Å². The number of aromatic nitrogens is 1. The minimum Gasteiger partial charge on any atom is -0.495 e. The van der Waals surface area contributed by atoms with E-state index in [0.717, 1.165) is 12.1 Å². The molecule has 0 aliphatic carbocycles. The number of methoxy groups -OCH3 is 1. The van der Waals surface area contributed by atoms with Gasteiger partial charge in [0.2, 0.25) is 10.0 Å². The molecule has 2 N–H and O–H groups in total. The topological polar surface area (TPSA) is 97.4 Å². The molecule has 1 aliphatic heterocycles. The number of nitrogens with zero attached hydrogens (tertiary/aromatic N) is 1. The molecule has 0 amide bonds. The number of benzene rings is 1. The van der Waals surface area contributed by atoms with Crippen LogP contribution in [0.15, 0.2) is 24.4 Å². The van der Waals surface area contributed by atoms with Gasteiger partial charge in [-0.2, -0.15) is 0 Å². The van der Waals surface area contributed by atoms with Crippen LogP contribution in [-0.4, -0.2) is 38.6 Å². The van der Waals surface area contributed by atoms with Crippen molar-refractivity contribution in [3.05, 3.63) is 47.2 Å². The number of Topliss-reactive ketones (excluding diaryl/α,β-unsaturated/α-hetero) is 1. The monoisotopic (exact) mass is 425 g/mol. The average molecular weight is 425 g/mol. The second-order valence-electron chi connectivity index (χ2n) is 6.67. The number of unbranched alkanes of at least 4 members (excludes halogenated alkanes) is 1. The Hall–Kier alpha value is -2.75. The van der Waals surface area contributed by atoms with Crippen LogP contribution in [0.2, 0.25) is 0 Å². The maximum atomic E-state index is 15.0. The molecule has 0 bridgehead atoms. The second-order valence-corrected chi connectivity index (χ2v) is 8.51. The average Bonchev–Trinajstić information content (AvgIpc) is 3.11. The Kier molecular flexibility index (Phi) is 6.02. The SMILES string of the molecule is CCCCS(=O)(=O)Nc1ccc(F)c(C(=O)C2CNc3ncc(OC)cc32)c1F. The molecule has 1 aromatic heterocycles. The number of hydrogen-bond acceptors (Lipinski definition) is 6. The van der Waals surface area contributed by atoms with Crippen molar-refractivity contribution in [3.8, 4) is 5.75 Å². The van der Waals surface area contributed by atoms with E-state index < -0.39 is 44.6 Å². The summed E-state index contributed by atoms with van der Waals surface area (Å²) in [5, 5.41) is 2.92. The van der Waals surface area contributed by atoms with Crippen molar-refractivity contribution in [2.45, 2.75) is 25.7 Å². The number of ether oxygens (including phenoxy) is 1. The van der Waals surface area contributed by atoms with Gasteiger partial charge in [-0.25, -0.2) is 22.2 Å². The van der Waals surface area contributed by atoms with Gasteiger partial charge < -0.3 is 10.1 Å². The van der Waals surface area contributed by atoms with Crippen LogP contribution in [0.5, 0.6) is 5.75 Å². The minimum atomic E-state index is -3.81. The Morgan fingerprint density at radius 1 is 1.38 bits per heavy atom. The van der Waals surface area contributed by atoms with Crippen molar-refractivity contribution in [2.24, 2.45) is 0 Å². The van der Waals surface area contributed by atoms with E-state index >= 15 is 0 Å². The largest absolute Gasteiger partial charge is 0.495 e. The lowest BCUT2D eigenvalue weighted by atomic mass is 9.92. The maximum absolute atomic E-state index is 15.0. The van der Waals surface area contributed by atoms with Gasteiger partial charge in [-0.05, 0) is 24.6 Å². The first kappa shape index (κ1) is 21.0. The molecule has 0 saturated heterocycles. The smallest absolute Gasteiger partial charge is 0.232 e. The predicted octanol–water partition coefficient (Wildman–Crippen LogP) is 3.30. The first-order chi connectivity index (χ1) is 13.8. The highest BCUT2D eigenvalue weighted by Crippen LogP contribution is 2.36. The summed E-state index contributed by atoms with van der Waals surface area (Å²) in [6.07, 6.45) is 2.50. The van der Waals surface area contributed by atoms with Crippen molar-refractivity contribution in [3.63, 3.8) is 0 Å². The lowest BCUT2D eigenvalue weighted by molar-refractivity contribution is 0.0958. The Morgan fingerprint density at radius 2 is 2.14 bits per heavy atom. The molecule has 1 unspecified atom stereocenters. The number of halogens is 2. The summed E-state index contributed by atoms with van der Waals surface area (Å²) in [4.78, 5) is 17.1. The minimum absolute atomic E-state index is 0.111. The van der Waals surface area contributed by atoms with E-state index in [1.54, 1.807) is 6.07 Å². The standard InChI is InChI=1S/C19H21F2N3O4S/c1-3-4-7-29(26,27)24-15-6-5-14(20)16(17(15)21)18(25)13-10-23-19-12(13)8-11(28-2)9-22-19/h5-6,8-9,13,24H,3-4,7,10H2,1-2H3,(H,22,23). The second kappa shape index (κ2) is 8.32. The van der Waals surface area contributed by atoms with Crippen molar-refractivity contribution < 1.29 is 26.7 Å². The summed E-state index contributed by atoms with van der Waals surface area (Å²) in [5.74, 6) is -3.35. The fourth-order valence-electron chi connectivity index (χ4n) is 3.11. The van der Waals surface area contributed by atoms with Gasteiger partial charge >= 0.3 is 0 Å². The molecule has 1 atom stereocenters. The third-order valence-electron chi connectivity index (χ3n) is 4.66. The summed E-state index contributed by atoms with van der Waals surface area (Å²) < 4.78 is 60.7. The van der Waals surface area contributed by atoms with Gasteiger partial charge in [-0.3, -0.25) is 9.52 Å². The number of sulfonamides is 1. The zero-order valence-corrected chi connectivity index (χ0v) is 16.8. The van der Waals surface area contributed by atoms with Gasteiger partial charge in [0.1, 0.15) is 17.4 Å². The molecule has 3 rings (SSSR count). The number of nitrogens with one attached hydrogen (secondary N) is 2. The summed E-state index contributed by atoms with van der Waals surface area (Å²) in [7, 11) is -2.37. The molecule has 0 saturated carbocycles. The molecule has 1 aliphatic rings. The highest BCUT2D eigenvalue weighted by atomic mass is 32.2. The molecule has 156 valence electrons. The van der Waals surface area contributed by atoms with Crippen LogP contribution in [0, 0.1) is 11.6 Å². The van der Waals surface area contributed by atoms with E-state index in [0.29, 0.717) is 30.0 Å². The predicted molar refractivity (Wildman–Crippen MR) is 105 cm³/mol. The number of carbonyl (C=O) groups is 1. The number of pyridine rings is 1. The van der Waals surface area contributed by atoms with Crippen LogP contribution in [0.4, 0.5) is 20.3 Å². The number of ketones is 1. The molecule has 10 heteroatoms. The first-order valence-corrected chi connectivity index (χ1v) is 10.7. The van der Waals surface area contributed by atoms with Gasteiger partial charge in [0.15, 0.2) is 11.6 Å². The van der Waals surface area contributed by atoms with Crippen LogP contribution in [0.1, 0.15) is 41.6 Å². The van der Waals surface area contributed by atoms with E-state index in [1.807, 2.05) is 6.92 Å². The van der Waals surface area contributed by atoms with Crippen molar-refractivity contribution in [2.75, 3.05) is 29.4 Å². The molecular formula is C19H21F2N3O4S.